The van der Waals surface area contributed by atoms with Crippen LogP contribution in [0.15, 0.2) is 41.3 Å². The molecule has 0 radical (unpaired) electrons. The van der Waals surface area contributed by atoms with Crippen LogP contribution in [0.1, 0.15) is 12.5 Å². The second-order valence-electron chi connectivity index (χ2n) is 5.37. The average Bonchev–Trinajstić information content (AvgIpc) is 2.52. The maximum Gasteiger partial charge on any atom is 0.242 e. The van der Waals surface area contributed by atoms with Gasteiger partial charge in [0, 0.05) is 15.7 Å². The van der Waals surface area contributed by atoms with Crippen molar-refractivity contribution in [3.8, 4) is 0 Å². The minimum atomic E-state index is -4.02. The second kappa shape index (κ2) is 7.93. The molecule has 0 aromatic heterocycles. The molecule has 0 fully saturated rings. The minimum Gasteiger partial charge on any atom is -0.325 e. The van der Waals surface area contributed by atoms with E-state index in [0.29, 0.717) is 10.7 Å². The number of amides is 1. The maximum atomic E-state index is 12.4. The lowest BCUT2D eigenvalue weighted by molar-refractivity contribution is -0.117. The van der Waals surface area contributed by atoms with E-state index in [-0.39, 0.29) is 14.9 Å². The highest BCUT2D eigenvalue weighted by atomic mass is 35.5. The summed E-state index contributed by atoms with van der Waals surface area (Å²) in [6.07, 6.45) is 0. The van der Waals surface area contributed by atoms with Gasteiger partial charge in [-0.2, -0.15) is 4.72 Å². The van der Waals surface area contributed by atoms with Gasteiger partial charge in [0.1, 0.15) is 4.90 Å². The summed E-state index contributed by atoms with van der Waals surface area (Å²) in [6.45, 7) is 3.25. The number of hydrogen-bond donors (Lipinski definition) is 2. The van der Waals surface area contributed by atoms with Crippen molar-refractivity contribution < 1.29 is 13.2 Å². The van der Waals surface area contributed by atoms with Crippen molar-refractivity contribution >= 4 is 56.4 Å². The van der Waals surface area contributed by atoms with Crippen LogP contribution in [0.5, 0.6) is 0 Å². The van der Waals surface area contributed by atoms with E-state index < -0.39 is 22.0 Å². The van der Waals surface area contributed by atoms with Crippen molar-refractivity contribution in [1.29, 1.82) is 0 Å². The van der Waals surface area contributed by atoms with Crippen LogP contribution in [-0.4, -0.2) is 20.4 Å². The Bertz CT molecular complexity index is 917. The number of halogens is 3. The zero-order chi connectivity index (χ0) is 18.8. The van der Waals surface area contributed by atoms with Gasteiger partial charge in [-0.25, -0.2) is 8.42 Å². The van der Waals surface area contributed by atoms with Gasteiger partial charge in [0.25, 0.3) is 0 Å². The summed E-state index contributed by atoms with van der Waals surface area (Å²) < 4.78 is 27.1. The van der Waals surface area contributed by atoms with Crippen LogP contribution in [0.3, 0.4) is 0 Å². The number of sulfonamides is 1. The molecule has 0 aliphatic rings. The topological polar surface area (TPSA) is 75.3 Å². The SMILES string of the molecule is Cc1ccc(NC(=O)[C@H](C)NS(=O)(=O)c2cc(Cl)ccc2Cl)cc1Cl. The number of benzene rings is 2. The van der Waals surface area contributed by atoms with Gasteiger partial charge in [-0.05, 0) is 49.7 Å². The van der Waals surface area contributed by atoms with Gasteiger partial charge in [-0.15, -0.1) is 0 Å². The summed E-state index contributed by atoms with van der Waals surface area (Å²) in [4.78, 5) is 12.0. The molecule has 0 heterocycles. The lowest BCUT2D eigenvalue weighted by atomic mass is 10.2. The van der Waals surface area contributed by atoms with Crippen LogP contribution in [0, 0.1) is 6.92 Å². The van der Waals surface area contributed by atoms with E-state index in [1.54, 1.807) is 18.2 Å². The highest BCUT2D eigenvalue weighted by molar-refractivity contribution is 7.89. The van der Waals surface area contributed by atoms with Crippen LogP contribution >= 0.6 is 34.8 Å². The van der Waals surface area contributed by atoms with Gasteiger partial charge in [0.05, 0.1) is 11.1 Å². The van der Waals surface area contributed by atoms with E-state index in [2.05, 4.69) is 10.0 Å². The average molecular weight is 422 g/mol. The number of hydrogen-bond acceptors (Lipinski definition) is 3. The summed E-state index contributed by atoms with van der Waals surface area (Å²) in [7, 11) is -4.02. The first kappa shape index (κ1) is 20.0. The third-order valence-electron chi connectivity index (χ3n) is 3.35. The lowest BCUT2D eigenvalue weighted by Crippen LogP contribution is -2.41. The Labute approximate surface area is 161 Å². The number of carbonyl (C=O) groups excluding carboxylic acids is 1. The highest BCUT2D eigenvalue weighted by Crippen LogP contribution is 2.25. The van der Waals surface area contributed by atoms with Crippen molar-refractivity contribution in [3.63, 3.8) is 0 Å². The molecule has 0 bridgehead atoms. The number of aryl methyl sites for hydroxylation is 1. The zero-order valence-electron chi connectivity index (χ0n) is 13.3. The second-order valence-corrected chi connectivity index (χ2v) is 8.30. The molecule has 0 aliphatic heterocycles. The predicted molar refractivity (Wildman–Crippen MR) is 101 cm³/mol. The Morgan fingerprint density at radius 1 is 1.04 bits per heavy atom. The molecule has 1 atom stereocenters. The predicted octanol–water partition coefficient (Wildman–Crippen LogP) is 4.26. The number of anilines is 1. The first-order valence-electron chi connectivity index (χ1n) is 7.14. The van der Waals surface area contributed by atoms with E-state index in [0.717, 1.165) is 5.56 Å². The maximum absolute atomic E-state index is 12.4. The van der Waals surface area contributed by atoms with Crippen molar-refractivity contribution in [2.45, 2.75) is 24.8 Å². The molecule has 0 unspecified atom stereocenters. The van der Waals surface area contributed by atoms with Crippen molar-refractivity contribution in [2.24, 2.45) is 0 Å². The van der Waals surface area contributed by atoms with Crippen LogP contribution in [0.4, 0.5) is 5.69 Å². The van der Waals surface area contributed by atoms with Crippen LogP contribution in [-0.2, 0) is 14.8 Å². The van der Waals surface area contributed by atoms with Crippen molar-refractivity contribution in [2.75, 3.05) is 5.32 Å². The van der Waals surface area contributed by atoms with Gasteiger partial charge >= 0.3 is 0 Å². The Hall–Kier alpha value is -1.31. The summed E-state index contributed by atoms with van der Waals surface area (Å²) in [5.74, 6) is -0.540. The first-order chi connectivity index (χ1) is 11.6. The van der Waals surface area contributed by atoms with E-state index in [9.17, 15) is 13.2 Å². The Kier molecular flexibility index (Phi) is 6.35. The van der Waals surface area contributed by atoms with Crippen LogP contribution in [0.25, 0.3) is 0 Å². The van der Waals surface area contributed by atoms with Gasteiger partial charge in [-0.3, -0.25) is 4.79 Å². The largest absolute Gasteiger partial charge is 0.325 e. The third-order valence-corrected chi connectivity index (χ3v) is 6.01. The van der Waals surface area contributed by atoms with Gasteiger partial charge in [-0.1, -0.05) is 40.9 Å². The molecule has 1 amide bonds. The number of nitrogens with one attached hydrogen (secondary N) is 2. The van der Waals surface area contributed by atoms with Crippen molar-refractivity contribution in [3.05, 3.63) is 57.0 Å². The van der Waals surface area contributed by atoms with E-state index >= 15 is 0 Å². The van der Waals surface area contributed by atoms with Crippen LogP contribution < -0.4 is 10.0 Å². The Morgan fingerprint density at radius 3 is 2.36 bits per heavy atom. The molecule has 0 aliphatic carbocycles. The molecule has 0 saturated carbocycles. The molecule has 2 N–H and O–H groups in total. The number of carbonyl (C=O) groups is 1. The molecule has 0 spiro atoms. The molecule has 25 heavy (non-hydrogen) atoms. The molecule has 5 nitrogen and oxygen atoms in total. The Morgan fingerprint density at radius 2 is 1.72 bits per heavy atom. The monoisotopic (exact) mass is 420 g/mol. The normalized spacial score (nSPS) is 12.7. The standard InChI is InChI=1S/C16H15Cl3N2O3S/c1-9-3-5-12(8-14(9)19)20-16(22)10(2)21-25(23,24)15-7-11(17)4-6-13(15)18/h3-8,10,21H,1-2H3,(H,20,22)/t10-/m0/s1. The lowest BCUT2D eigenvalue weighted by Gasteiger charge is -2.15. The first-order valence-corrected chi connectivity index (χ1v) is 9.76. The molecule has 9 heteroatoms. The molecule has 0 saturated heterocycles. The summed E-state index contributed by atoms with van der Waals surface area (Å²) >= 11 is 17.7. The number of rotatable bonds is 5. The highest BCUT2D eigenvalue weighted by Gasteiger charge is 2.24. The fraction of sp³-hybridized carbons (Fsp3) is 0.188. The fourth-order valence-corrected chi connectivity index (χ4v) is 4.10. The van der Waals surface area contributed by atoms with E-state index in [1.165, 1.54) is 25.1 Å². The molecule has 2 aromatic rings. The molecule has 2 aromatic carbocycles. The summed E-state index contributed by atoms with van der Waals surface area (Å²) in [5, 5.41) is 3.33. The van der Waals surface area contributed by atoms with E-state index in [4.69, 9.17) is 34.8 Å². The van der Waals surface area contributed by atoms with Gasteiger partial charge in [0.15, 0.2) is 0 Å². The summed E-state index contributed by atoms with van der Waals surface area (Å²) in [6, 6.07) is 8.03. The minimum absolute atomic E-state index is 0.00910. The van der Waals surface area contributed by atoms with Crippen LogP contribution in [0.2, 0.25) is 15.1 Å². The molecule has 2 rings (SSSR count). The quantitative estimate of drug-likeness (QED) is 0.757. The fourth-order valence-electron chi connectivity index (χ4n) is 1.95. The molecular formula is C16H15Cl3N2O3S. The summed E-state index contributed by atoms with van der Waals surface area (Å²) in [5.41, 5.74) is 1.33. The molecular weight excluding hydrogens is 407 g/mol. The Balaban J connectivity index is 2.14. The third kappa shape index (κ3) is 5.09. The smallest absolute Gasteiger partial charge is 0.242 e. The zero-order valence-corrected chi connectivity index (χ0v) is 16.4. The van der Waals surface area contributed by atoms with Gasteiger partial charge in [0.2, 0.25) is 15.9 Å². The van der Waals surface area contributed by atoms with Crippen molar-refractivity contribution in [1.82, 2.24) is 4.72 Å². The molecule has 134 valence electrons. The van der Waals surface area contributed by atoms with E-state index in [1.807, 2.05) is 6.92 Å². The van der Waals surface area contributed by atoms with Gasteiger partial charge < -0.3 is 5.32 Å².